The molecule has 1 aromatic carbocycles. The average Bonchev–Trinajstić information content (AvgIpc) is 2.53. The molecule has 0 aromatic heterocycles. The number of aliphatic hydroxyl groups excluding tert-OH is 1. The maximum absolute atomic E-state index is 10.1. The Bertz CT molecular complexity index is 551. The summed E-state index contributed by atoms with van der Waals surface area (Å²) in [6.07, 6.45) is 3.05. The first-order valence-electron chi connectivity index (χ1n) is 8.06. The molecule has 2 unspecified atom stereocenters. The quantitative estimate of drug-likeness (QED) is 0.840. The second kappa shape index (κ2) is 7.45. The molecule has 1 aromatic rings. The van der Waals surface area contributed by atoms with Gasteiger partial charge in [-0.1, -0.05) is 50.1 Å². The van der Waals surface area contributed by atoms with E-state index in [-0.39, 0.29) is 5.76 Å². The van der Waals surface area contributed by atoms with Crippen molar-refractivity contribution >= 4 is 5.71 Å². The van der Waals surface area contributed by atoms with Crippen molar-refractivity contribution in [2.24, 2.45) is 10.7 Å². The molecule has 0 aliphatic carbocycles. The Morgan fingerprint density at radius 3 is 2.59 bits per heavy atom. The molecule has 0 saturated heterocycles. The van der Waals surface area contributed by atoms with Crippen LogP contribution < -0.4 is 5.73 Å². The lowest BCUT2D eigenvalue weighted by molar-refractivity contribution is 0.222. The van der Waals surface area contributed by atoms with Gasteiger partial charge in [0.25, 0.3) is 0 Å². The molecule has 3 N–H and O–H groups in total. The Morgan fingerprint density at radius 1 is 1.27 bits per heavy atom. The summed E-state index contributed by atoms with van der Waals surface area (Å²) < 4.78 is 0. The van der Waals surface area contributed by atoms with Crippen molar-refractivity contribution in [3.05, 3.63) is 47.4 Å². The molecule has 0 saturated carbocycles. The van der Waals surface area contributed by atoms with Gasteiger partial charge in [-0.3, -0.25) is 5.73 Å². The molecule has 2 atom stereocenters. The number of benzene rings is 1. The Morgan fingerprint density at radius 2 is 1.95 bits per heavy atom. The molecule has 0 bridgehead atoms. The standard InChI is InChI=1S/C18H27N3O/c1-4-5-9-16(15-10-7-6-8-11-15)12-21-14(3)17(22)13(2)20-18(21)19/h6-8,10-11,16,18,22H,4-5,9,12,19H2,1-3H3. The highest BCUT2D eigenvalue weighted by molar-refractivity contribution is 5.97. The SMILES string of the molecule is CCCCC(CN1C(C)=C(O)C(C)=NC1N)c1ccccc1. The highest BCUT2D eigenvalue weighted by Crippen LogP contribution is 2.27. The molecule has 0 amide bonds. The number of aliphatic imine (C=N–C) groups is 1. The summed E-state index contributed by atoms with van der Waals surface area (Å²) in [4.78, 5) is 6.34. The second-order valence-electron chi connectivity index (χ2n) is 5.96. The van der Waals surface area contributed by atoms with E-state index in [1.807, 2.05) is 17.9 Å². The lowest BCUT2D eigenvalue weighted by Crippen LogP contribution is -2.45. The summed E-state index contributed by atoms with van der Waals surface area (Å²) in [5.74, 6) is 0.646. The molecule has 1 aliphatic rings. The van der Waals surface area contributed by atoms with E-state index in [2.05, 4.69) is 36.2 Å². The van der Waals surface area contributed by atoms with Crippen LogP contribution in [0.5, 0.6) is 0 Å². The van der Waals surface area contributed by atoms with Gasteiger partial charge in [-0.05, 0) is 25.8 Å². The van der Waals surface area contributed by atoms with Gasteiger partial charge in [0.05, 0.1) is 11.4 Å². The first-order chi connectivity index (χ1) is 10.5. The Labute approximate surface area is 133 Å². The lowest BCUT2D eigenvalue weighted by Gasteiger charge is -2.36. The Kier molecular flexibility index (Phi) is 5.61. The van der Waals surface area contributed by atoms with Crippen molar-refractivity contribution in [3.63, 3.8) is 0 Å². The van der Waals surface area contributed by atoms with Crippen LogP contribution in [0.1, 0.15) is 51.5 Å². The Balaban J connectivity index is 2.20. The van der Waals surface area contributed by atoms with Crippen LogP contribution in [0.4, 0.5) is 0 Å². The molecule has 4 nitrogen and oxygen atoms in total. The van der Waals surface area contributed by atoms with Gasteiger partial charge in [-0.2, -0.15) is 0 Å². The van der Waals surface area contributed by atoms with Crippen LogP contribution >= 0.6 is 0 Å². The van der Waals surface area contributed by atoms with E-state index < -0.39 is 6.29 Å². The van der Waals surface area contributed by atoms with E-state index in [0.29, 0.717) is 11.6 Å². The van der Waals surface area contributed by atoms with Gasteiger partial charge < -0.3 is 10.0 Å². The number of hydrogen-bond acceptors (Lipinski definition) is 4. The molecule has 4 heteroatoms. The van der Waals surface area contributed by atoms with Gasteiger partial charge in [-0.15, -0.1) is 0 Å². The summed E-state index contributed by atoms with van der Waals surface area (Å²) in [6, 6.07) is 10.5. The highest BCUT2D eigenvalue weighted by atomic mass is 16.3. The summed E-state index contributed by atoms with van der Waals surface area (Å²) in [5.41, 5.74) is 8.93. The highest BCUT2D eigenvalue weighted by Gasteiger charge is 2.26. The van der Waals surface area contributed by atoms with Gasteiger partial charge in [-0.25, -0.2) is 4.99 Å². The minimum Gasteiger partial charge on any atom is -0.504 e. The fourth-order valence-electron chi connectivity index (χ4n) is 2.95. The number of allylic oxidation sites excluding steroid dienone is 2. The monoisotopic (exact) mass is 301 g/mol. The van der Waals surface area contributed by atoms with Crippen molar-refractivity contribution < 1.29 is 5.11 Å². The number of nitrogens with two attached hydrogens (primary N) is 1. The molecular formula is C18H27N3O. The first kappa shape index (κ1) is 16.6. The van der Waals surface area contributed by atoms with Crippen LogP contribution in [-0.4, -0.2) is 28.6 Å². The lowest BCUT2D eigenvalue weighted by atomic mass is 9.92. The van der Waals surface area contributed by atoms with E-state index in [1.165, 1.54) is 18.4 Å². The fraction of sp³-hybridized carbons (Fsp3) is 0.500. The average molecular weight is 301 g/mol. The number of hydrogen-bond donors (Lipinski definition) is 2. The third-order valence-corrected chi connectivity index (χ3v) is 4.36. The van der Waals surface area contributed by atoms with Crippen LogP contribution in [0.25, 0.3) is 0 Å². The molecule has 1 aliphatic heterocycles. The number of nitrogens with zero attached hydrogens (tertiary/aromatic N) is 2. The minimum absolute atomic E-state index is 0.254. The zero-order chi connectivity index (χ0) is 16.1. The molecule has 0 fully saturated rings. The minimum atomic E-state index is -0.413. The van der Waals surface area contributed by atoms with E-state index in [9.17, 15) is 5.11 Å². The molecule has 2 rings (SSSR count). The van der Waals surface area contributed by atoms with Crippen LogP contribution in [0.3, 0.4) is 0 Å². The largest absolute Gasteiger partial charge is 0.504 e. The molecule has 22 heavy (non-hydrogen) atoms. The van der Waals surface area contributed by atoms with Gasteiger partial charge in [0.1, 0.15) is 0 Å². The van der Waals surface area contributed by atoms with Crippen molar-refractivity contribution in [2.45, 2.75) is 52.2 Å². The maximum Gasteiger partial charge on any atom is 0.174 e. The normalized spacial score (nSPS) is 20.1. The van der Waals surface area contributed by atoms with Crippen molar-refractivity contribution in [1.29, 1.82) is 0 Å². The first-order valence-corrected chi connectivity index (χ1v) is 8.06. The zero-order valence-electron chi connectivity index (χ0n) is 13.8. The summed E-state index contributed by atoms with van der Waals surface area (Å²) in [7, 11) is 0. The van der Waals surface area contributed by atoms with E-state index in [0.717, 1.165) is 18.7 Å². The predicted molar refractivity (Wildman–Crippen MR) is 91.8 cm³/mol. The second-order valence-corrected chi connectivity index (χ2v) is 5.96. The van der Waals surface area contributed by atoms with Gasteiger partial charge >= 0.3 is 0 Å². The van der Waals surface area contributed by atoms with Crippen molar-refractivity contribution in [3.8, 4) is 0 Å². The topological polar surface area (TPSA) is 61.8 Å². The molecular weight excluding hydrogens is 274 g/mol. The van der Waals surface area contributed by atoms with Crippen LogP contribution in [0.2, 0.25) is 0 Å². The molecule has 0 spiro atoms. The van der Waals surface area contributed by atoms with Gasteiger partial charge in [0, 0.05) is 12.5 Å². The predicted octanol–water partition coefficient (Wildman–Crippen LogP) is 3.77. The van der Waals surface area contributed by atoms with E-state index in [1.54, 1.807) is 6.92 Å². The van der Waals surface area contributed by atoms with Crippen molar-refractivity contribution in [1.82, 2.24) is 4.90 Å². The molecule has 1 heterocycles. The zero-order valence-corrected chi connectivity index (χ0v) is 13.8. The van der Waals surface area contributed by atoms with Gasteiger partial charge in [0.15, 0.2) is 12.0 Å². The van der Waals surface area contributed by atoms with Crippen LogP contribution in [-0.2, 0) is 0 Å². The van der Waals surface area contributed by atoms with Crippen LogP contribution in [0, 0.1) is 0 Å². The fourth-order valence-corrected chi connectivity index (χ4v) is 2.95. The summed E-state index contributed by atoms with van der Waals surface area (Å²) in [6.45, 7) is 6.69. The van der Waals surface area contributed by atoms with E-state index >= 15 is 0 Å². The smallest absolute Gasteiger partial charge is 0.174 e. The van der Waals surface area contributed by atoms with Crippen molar-refractivity contribution in [2.75, 3.05) is 6.54 Å². The van der Waals surface area contributed by atoms with Crippen LogP contribution in [0.15, 0.2) is 46.8 Å². The van der Waals surface area contributed by atoms with Gasteiger partial charge in [0.2, 0.25) is 0 Å². The third-order valence-electron chi connectivity index (χ3n) is 4.36. The molecule has 120 valence electrons. The third kappa shape index (κ3) is 3.69. The summed E-state index contributed by atoms with van der Waals surface area (Å²) >= 11 is 0. The Hall–Kier alpha value is -1.81. The summed E-state index contributed by atoms with van der Waals surface area (Å²) in [5, 5.41) is 10.1. The number of rotatable bonds is 6. The number of aliphatic hydroxyl groups is 1. The van der Waals surface area contributed by atoms with E-state index in [4.69, 9.17) is 5.73 Å². The number of unbranched alkanes of at least 4 members (excludes halogenated alkanes) is 1. The maximum atomic E-state index is 10.1. The molecule has 0 radical (unpaired) electrons.